The van der Waals surface area contributed by atoms with Crippen molar-refractivity contribution in [2.24, 2.45) is 0 Å². The molecule has 3 N–H and O–H groups in total. The largest absolute Gasteiger partial charge is 0.394 e. The van der Waals surface area contributed by atoms with Crippen LogP contribution in [0.25, 0.3) is 0 Å². The molecule has 1 saturated heterocycles. The molecule has 8 nitrogen and oxygen atoms in total. The SMILES string of the molecule is C[C@H](Nc1nc(Nc2cnccn2)cc(N2CCCC2CO)n1)c1ccc(F)cc1. The van der Waals surface area contributed by atoms with E-state index in [9.17, 15) is 9.50 Å². The van der Waals surface area contributed by atoms with Crippen LogP contribution in [0.3, 0.4) is 0 Å². The number of aliphatic hydroxyl groups is 1. The number of nitrogens with zero attached hydrogens (tertiary/aromatic N) is 5. The molecule has 2 atom stereocenters. The zero-order chi connectivity index (χ0) is 20.9. The summed E-state index contributed by atoms with van der Waals surface area (Å²) in [4.78, 5) is 19.6. The monoisotopic (exact) mass is 409 g/mol. The van der Waals surface area contributed by atoms with Gasteiger partial charge >= 0.3 is 0 Å². The molecule has 9 heteroatoms. The number of nitrogens with one attached hydrogen (secondary N) is 2. The van der Waals surface area contributed by atoms with Crippen molar-refractivity contribution in [2.45, 2.75) is 31.8 Å². The number of halogens is 1. The fourth-order valence-corrected chi connectivity index (χ4v) is 3.56. The van der Waals surface area contributed by atoms with Crippen molar-refractivity contribution in [3.05, 3.63) is 60.3 Å². The zero-order valence-electron chi connectivity index (χ0n) is 16.7. The van der Waals surface area contributed by atoms with Crippen LogP contribution in [0.4, 0.5) is 27.8 Å². The van der Waals surface area contributed by atoms with Crippen LogP contribution in [0.1, 0.15) is 31.4 Å². The van der Waals surface area contributed by atoms with E-state index < -0.39 is 0 Å². The molecule has 0 radical (unpaired) electrons. The highest BCUT2D eigenvalue weighted by Crippen LogP contribution is 2.28. The van der Waals surface area contributed by atoms with Crippen molar-refractivity contribution in [2.75, 3.05) is 28.7 Å². The Bertz CT molecular complexity index is 971. The fourth-order valence-electron chi connectivity index (χ4n) is 3.56. The Kier molecular flexibility index (Phi) is 5.99. The van der Waals surface area contributed by atoms with Crippen LogP contribution < -0.4 is 15.5 Å². The van der Waals surface area contributed by atoms with Gasteiger partial charge in [-0.15, -0.1) is 0 Å². The normalized spacial score (nSPS) is 17.0. The third-order valence-corrected chi connectivity index (χ3v) is 5.13. The van der Waals surface area contributed by atoms with E-state index in [1.54, 1.807) is 30.7 Å². The molecule has 0 spiro atoms. The van der Waals surface area contributed by atoms with Crippen molar-refractivity contribution in [3.8, 4) is 0 Å². The van der Waals surface area contributed by atoms with Crippen LogP contribution in [0.2, 0.25) is 0 Å². The van der Waals surface area contributed by atoms with Crippen molar-refractivity contribution in [1.29, 1.82) is 0 Å². The van der Waals surface area contributed by atoms with Crippen LogP contribution in [-0.4, -0.2) is 44.2 Å². The maximum atomic E-state index is 13.2. The molecule has 1 aliphatic heterocycles. The van der Waals surface area contributed by atoms with Crippen molar-refractivity contribution in [1.82, 2.24) is 19.9 Å². The van der Waals surface area contributed by atoms with Gasteiger partial charge < -0.3 is 20.6 Å². The molecule has 30 heavy (non-hydrogen) atoms. The van der Waals surface area contributed by atoms with Crippen LogP contribution in [0.5, 0.6) is 0 Å². The molecular weight excluding hydrogens is 385 g/mol. The minimum Gasteiger partial charge on any atom is -0.394 e. The van der Waals surface area contributed by atoms with E-state index in [-0.39, 0.29) is 24.5 Å². The van der Waals surface area contributed by atoms with Gasteiger partial charge in [0.2, 0.25) is 5.95 Å². The Morgan fingerprint density at radius 1 is 1.20 bits per heavy atom. The third kappa shape index (κ3) is 4.62. The van der Waals surface area contributed by atoms with Gasteiger partial charge in [0.15, 0.2) is 0 Å². The van der Waals surface area contributed by atoms with E-state index in [0.29, 0.717) is 17.6 Å². The molecule has 1 aliphatic rings. The Labute approximate surface area is 174 Å². The number of hydrogen-bond donors (Lipinski definition) is 3. The van der Waals surface area contributed by atoms with Crippen molar-refractivity contribution < 1.29 is 9.50 Å². The number of aliphatic hydroxyl groups excluding tert-OH is 1. The van der Waals surface area contributed by atoms with Gasteiger partial charge in [-0.3, -0.25) is 4.98 Å². The predicted molar refractivity (Wildman–Crippen MR) is 113 cm³/mol. The van der Waals surface area contributed by atoms with Crippen LogP contribution >= 0.6 is 0 Å². The Morgan fingerprint density at radius 3 is 2.77 bits per heavy atom. The second kappa shape index (κ2) is 9.00. The van der Waals surface area contributed by atoms with Crippen LogP contribution in [-0.2, 0) is 0 Å². The lowest BCUT2D eigenvalue weighted by atomic mass is 10.1. The molecule has 4 rings (SSSR count). The summed E-state index contributed by atoms with van der Waals surface area (Å²) in [5.74, 6) is 2.02. The average molecular weight is 409 g/mol. The number of rotatable bonds is 7. The minimum atomic E-state index is -0.274. The first-order valence-corrected chi connectivity index (χ1v) is 9.94. The first kappa shape index (κ1) is 20.0. The van der Waals surface area contributed by atoms with E-state index in [1.165, 1.54) is 12.1 Å². The number of aromatic nitrogens is 4. The van der Waals surface area contributed by atoms with Crippen molar-refractivity contribution >= 4 is 23.4 Å². The molecule has 0 amide bonds. The summed E-state index contributed by atoms with van der Waals surface area (Å²) in [6.07, 6.45) is 6.73. The summed E-state index contributed by atoms with van der Waals surface area (Å²) in [6.45, 7) is 2.86. The Morgan fingerprint density at radius 2 is 2.03 bits per heavy atom. The highest BCUT2D eigenvalue weighted by atomic mass is 19.1. The van der Waals surface area contributed by atoms with Gasteiger partial charge in [-0.05, 0) is 37.5 Å². The Balaban J connectivity index is 1.63. The van der Waals surface area contributed by atoms with Gasteiger partial charge in [-0.2, -0.15) is 9.97 Å². The highest BCUT2D eigenvalue weighted by molar-refractivity contribution is 5.60. The lowest BCUT2D eigenvalue weighted by molar-refractivity contribution is 0.266. The van der Waals surface area contributed by atoms with Gasteiger partial charge in [0.05, 0.1) is 24.9 Å². The van der Waals surface area contributed by atoms with Gasteiger partial charge in [0, 0.05) is 25.0 Å². The summed E-state index contributed by atoms with van der Waals surface area (Å²) in [6, 6.07) is 8.08. The molecule has 0 saturated carbocycles. The van der Waals surface area contributed by atoms with E-state index in [2.05, 4.69) is 35.5 Å². The van der Waals surface area contributed by atoms with Gasteiger partial charge in [0.1, 0.15) is 23.3 Å². The standard InChI is InChI=1S/C21H24FN7O/c1-14(15-4-6-16(22)7-5-15)25-21-27-18(26-19-12-23-8-9-24-19)11-20(28-21)29-10-2-3-17(29)13-30/h4-9,11-12,14,17,30H,2-3,10,13H2,1H3,(H2,24,25,26,27,28)/t14-,17?/m0/s1. The lowest BCUT2D eigenvalue weighted by Crippen LogP contribution is -2.33. The summed E-state index contributed by atoms with van der Waals surface area (Å²) in [5, 5.41) is 16.2. The molecule has 1 unspecified atom stereocenters. The van der Waals surface area contributed by atoms with Gasteiger partial charge in [-0.25, -0.2) is 9.37 Å². The average Bonchev–Trinajstić information content (AvgIpc) is 3.24. The molecule has 2 aromatic heterocycles. The van der Waals surface area contributed by atoms with Crippen molar-refractivity contribution in [3.63, 3.8) is 0 Å². The number of anilines is 4. The third-order valence-electron chi connectivity index (χ3n) is 5.13. The molecule has 156 valence electrons. The first-order valence-electron chi connectivity index (χ1n) is 9.94. The maximum absolute atomic E-state index is 13.2. The van der Waals surface area contributed by atoms with E-state index >= 15 is 0 Å². The van der Waals surface area contributed by atoms with Gasteiger partial charge in [-0.1, -0.05) is 12.1 Å². The first-order chi connectivity index (χ1) is 14.6. The van der Waals surface area contributed by atoms with E-state index in [0.717, 1.165) is 30.8 Å². The quantitative estimate of drug-likeness (QED) is 0.547. The molecular formula is C21H24FN7O. The second-order valence-electron chi connectivity index (χ2n) is 7.24. The topological polar surface area (TPSA) is 99.1 Å². The summed E-state index contributed by atoms with van der Waals surface area (Å²) in [7, 11) is 0. The number of benzene rings is 1. The molecule has 1 aromatic carbocycles. The van der Waals surface area contributed by atoms with Gasteiger partial charge in [0.25, 0.3) is 0 Å². The fraction of sp³-hybridized carbons (Fsp3) is 0.333. The maximum Gasteiger partial charge on any atom is 0.227 e. The predicted octanol–water partition coefficient (Wildman–Crippen LogP) is 3.28. The lowest BCUT2D eigenvalue weighted by Gasteiger charge is -2.25. The highest BCUT2D eigenvalue weighted by Gasteiger charge is 2.26. The summed E-state index contributed by atoms with van der Waals surface area (Å²) >= 11 is 0. The summed E-state index contributed by atoms with van der Waals surface area (Å²) in [5.41, 5.74) is 0.920. The van der Waals surface area contributed by atoms with Crippen LogP contribution in [0, 0.1) is 5.82 Å². The molecule has 3 heterocycles. The Hall–Kier alpha value is -3.33. The second-order valence-corrected chi connectivity index (χ2v) is 7.24. The smallest absolute Gasteiger partial charge is 0.227 e. The molecule has 0 aliphatic carbocycles. The number of hydrogen-bond acceptors (Lipinski definition) is 8. The zero-order valence-corrected chi connectivity index (χ0v) is 16.7. The minimum absolute atomic E-state index is 0.0339. The van der Waals surface area contributed by atoms with E-state index in [4.69, 9.17) is 0 Å². The molecule has 0 bridgehead atoms. The molecule has 1 fully saturated rings. The van der Waals surface area contributed by atoms with E-state index in [1.807, 2.05) is 13.0 Å². The van der Waals surface area contributed by atoms with Crippen LogP contribution in [0.15, 0.2) is 48.9 Å². The summed E-state index contributed by atoms with van der Waals surface area (Å²) < 4.78 is 13.2. The molecule has 3 aromatic rings.